The van der Waals surface area contributed by atoms with E-state index in [1.165, 1.54) is 17.7 Å². The molecule has 0 saturated heterocycles. The predicted octanol–water partition coefficient (Wildman–Crippen LogP) is 3.67. The number of anilines is 1. The van der Waals surface area contributed by atoms with Gasteiger partial charge in [-0.15, -0.1) is 0 Å². The molecule has 0 radical (unpaired) electrons. The molecule has 2 aromatic heterocycles. The second-order valence-electron chi connectivity index (χ2n) is 8.46. The van der Waals surface area contributed by atoms with Crippen molar-refractivity contribution in [1.29, 1.82) is 0 Å². The van der Waals surface area contributed by atoms with Crippen molar-refractivity contribution in [3.8, 4) is 11.5 Å². The van der Waals surface area contributed by atoms with Crippen LogP contribution in [-0.2, 0) is 30.5 Å². The molecule has 0 aliphatic carbocycles. The molecule has 5 rings (SSSR count). The van der Waals surface area contributed by atoms with E-state index in [9.17, 15) is 14.3 Å². The number of rotatable bonds is 9. The summed E-state index contributed by atoms with van der Waals surface area (Å²) in [4.78, 5) is 20.9. The fourth-order valence-corrected chi connectivity index (χ4v) is 4.32. The number of benzene rings is 1. The first-order chi connectivity index (χ1) is 16.6. The van der Waals surface area contributed by atoms with Gasteiger partial charge in [0.05, 0.1) is 5.92 Å². The van der Waals surface area contributed by atoms with Crippen LogP contribution in [0, 0.1) is 5.82 Å². The van der Waals surface area contributed by atoms with Crippen LogP contribution in [0.1, 0.15) is 53.7 Å². The summed E-state index contributed by atoms with van der Waals surface area (Å²) in [5.41, 5.74) is 2.60. The van der Waals surface area contributed by atoms with E-state index in [0.29, 0.717) is 23.7 Å². The van der Waals surface area contributed by atoms with Crippen molar-refractivity contribution >= 4 is 11.8 Å². The summed E-state index contributed by atoms with van der Waals surface area (Å²) < 4.78 is 29.8. The van der Waals surface area contributed by atoms with Crippen molar-refractivity contribution in [1.82, 2.24) is 15.1 Å². The largest absolute Gasteiger partial charge is 0.481 e. The van der Waals surface area contributed by atoms with Crippen molar-refractivity contribution in [3.05, 3.63) is 58.6 Å². The molecule has 1 atom stereocenters. The van der Waals surface area contributed by atoms with Gasteiger partial charge in [0.2, 0.25) is 18.4 Å². The molecular formula is C24H25FN4O5. The molecule has 0 amide bonds. The third kappa shape index (κ3) is 4.80. The number of ether oxygens (including phenoxy) is 2. The molecule has 0 saturated carbocycles. The van der Waals surface area contributed by atoms with Crippen molar-refractivity contribution < 1.29 is 28.3 Å². The fourth-order valence-electron chi connectivity index (χ4n) is 4.32. The molecule has 2 N–H and O–H groups in total. The Morgan fingerprint density at radius 3 is 2.97 bits per heavy atom. The molecule has 1 aromatic carbocycles. The molecular weight excluding hydrogens is 443 g/mol. The van der Waals surface area contributed by atoms with Gasteiger partial charge in [0.1, 0.15) is 5.82 Å². The predicted molar refractivity (Wildman–Crippen MR) is 119 cm³/mol. The van der Waals surface area contributed by atoms with E-state index in [2.05, 4.69) is 27.6 Å². The number of aliphatic carboxylic acids is 1. The maximum Gasteiger partial charge on any atom is 0.310 e. The molecule has 34 heavy (non-hydrogen) atoms. The highest BCUT2D eigenvalue weighted by Crippen LogP contribution is 2.38. The van der Waals surface area contributed by atoms with Gasteiger partial charge in [0.25, 0.3) is 0 Å². The third-order valence-corrected chi connectivity index (χ3v) is 6.09. The van der Waals surface area contributed by atoms with Gasteiger partial charge in [-0.1, -0.05) is 11.2 Å². The van der Waals surface area contributed by atoms with Crippen LogP contribution in [-0.4, -0.2) is 39.5 Å². The maximum absolute atomic E-state index is 14.2. The number of nitrogens with zero attached hydrogens (tertiary/aromatic N) is 3. The summed E-state index contributed by atoms with van der Waals surface area (Å²) in [5.74, 6) is -0.498. The van der Waals surface area contributed by atoms with E-state index in [4.69, 9.17) is 19.0 Å². The van der Waals surface area contributed by atoms with E-state index in [-0.39, 0.29) is 31.1 Å². The number of pyridine rings is 1. The summed E-state index contributed by atoms with van der Waals surface area (Å²) in [6, 6.07) is 6.89. The summed E-state index contributed by atoms with van der Waals surface area (Å²) in [5, 5.41) is 17.0. The Morgan fingerprint density at radius 2 is 2.09 bits per heavy atom. The number of aryl methyl sites for hydroxylation is 4. The van der Waals surface area contributed by atoms with E-state index < -0.39 is 17.7 Å². The van der Waals surface area contributed by atoms with Gasteiger partial charge in [-0.25, -0.2) is 9.37 Å². The average Bonchev–Trinajstić information content (AvgIpc) is 3.49. The summed E-state index contributed by atoms with van der Waals surface area (Å²) >= 11 is 0. The molecule has 1 unspecified atom stereocenters. The fraction of sp³-hybridized carbons (Fsp3) is 0.417. The van der Waals surface area contributed by atoms with Gasteiger partial charge in [-0.05, 0) is 61.4 Å². The lowest BCUT2D eigenvalue weighted by Crippen LogP contribution is -2.14. The normalized spacial score (nSPS) is 15.0. The van der Waals surface area contributed by atoms with Crippen LogP contribution in [0.15, 0.2) is 28.8 Å². The van der Waals surface area contributed by atoms with Gasteiger partial charge in [0.15, 0.2) is 17.4 Å². The summed E-state index contributed by atoms with van der Waals surface area (Å²) in [6.45, 7) is 0.874. The molecule has 9 nitrogen and oxygen atoms in total. The minimum atomic E-state index is -1.06. The van der Waals surface area contributed by atoms with Crippen molar-refractivity contribution in [3.63, 3.8) is 0 Å². The molecule has 10 heteroatoms. The van der Waals surface area contributed by atoms with Gasteiger partial charge in [0, 0.05) is 25.1 Å². The smallest absolute Gasteiger partial charge is 0.310 e. The second-order valence-corrected chi connectivity index (χ2v) is 8.46. The third-order valence-electron chi connectivity index (χ3n) is 6.09. The zero-order valence-electron chi connectivity index (χ0n) is 18.6. The molecule has 2 aliphatic heterocycles. The van der Waals surface area contributed by atoms with Gasteiger partial charge < -0.3 is 24.4 Å². The van der Waals surface area contributed by atoms with Crippen molar-refractivity contribution in [2.45, 2.75) is 50.9 Å². The number of aromatic nitrogens is 3. The Kier molecular flexibility index (Phi) is 6.29. The van der Waals surface area contributed by atoms with Crippen molar-refractivity contribution in [2.75, 3.05) is 18.7 Å². The number of carboxylic acid groups (broad SMARTS) is 1. The monoisotopic (exact) mass is 468 g/mol. The molecule has 178 valence electrons. The number of halogens is 1. The number of carbonyl (C=O) groups is 1. The molecule has 0 bridgehead atoms. The SMILES string of the molecule is O=C(O)C(CCc1nc(CCCc2ccc3c(n2)NCCC3)no1)c1cc(F)c2c(c1)OCO2. The Hall–Kier alpha value is -3.69. The first-order valence-electron chi connectivity index (χ1n) is 11.4. The van der Waals surface area contributed by atoms with Crippen LogP contribution in [0.2, 0.25) is 0 Å². The first kappa shape index (κ1) is 22.1. The zero-order chi connectivity index (χ0) is 23.5. The lowest BCUT2D eigenvalue weighted by atomic mass is 9.93. The van der Waals surface area contributed by atoms with Gasteiger partial charge in [-0.2, -0.15) is 4.98 Å². The highest BCUT2D eigenvalue weighted by Gasteiger charge is 2.27. The average molecular weight is 468 g/mol. The standard InChI is InChI=1S/C24H25FN4O5/c25-18-11-15(12-19-22(18)33-13-32-19)17(24(30)31)8-9-21-28-20(29-34-21)5-1-4-16-7-6-14-3-2-10-26-23(14)27-16/h6-7,11-12,17H,1-5,8-10,13H2,(H,26,27)(H,30,31). The minimum Gasteiger partial charge on any atom is -0.481 e. The van der Waals surface area contributed by atoms with Crippen LogP contribution in [0.3, 0.4) is 0 Å². The van der Waals surface area contributed by atoms with Crippen LogP contribution in [0.25, 0.3) is 0 Å². The second kappa shape index (κ2) is 9.66. The quantitative estimate of drug-likeness (QED) is 0.485. The lowest BCUT2D eigenvalue weighted by molar-refractivity contribution is -0.139. The maximum atomic E-state index is 14.2. The summed E-state index contributed by atoms with van der Waals surface area (Å²) in [6.07, 6.45) is 4.89. The van der Waals surface area contributed by atoms with Gasteiger partial charge >= 0.3 is 5.97 Å². The Bertz CT molecular complexity index is 1200. The first-order valence-corrected chi connectivity index (χ1v) is 11.4. The zero-order valence-corrected chi connectivity index (χ0v) is 18.6. The molecule has 3 aromatic rings. The van der Waals surface area contributed by atoms with Crippen molar-refractivity contribution in [2.24, 2.45) is 0 Å². The van der Waals surface area contributed by atoms with E-state index in [1.807, 2.05) is 0 Å². The molecule has 0 fully saturated rings. The number of carboxylic acids is 1. The van der Waals surface area contributed by atoms with Crippen LogP contribution < -0.4 is 14.8 Å². The highest BCUT2D eigenvalue weighted by atomic mass is 19.1. The molecule has 4 heterocycles. The molecule has 0 spiro atoms. The number of fused-ring (bicyclic) bond motifs is 2. The van der Waals surface area contributed by atoms with Gasteiger partial charge in [-0.3, -0.25) is 4.79 Å². The Labute approximate surface area is 195 Å². The summed E-state index contributed by atoms with van der Waals surface area (Å²) in [7, 11) is 0. The van der Waals surface area contributed by atoms with Crippen LogP contribution in [0.5, 0.6) is 11.5 Å². The van der Waals surface area contributed by atoms with E-state index >= 15 is 0 Å². The van der Waals surface area contributed by atoms with Crippen LogP contribution in [0.4, 0.5) is 10.2 Å². The Balaban J connectivity index is 1.16. The number of nitrogens with one attached hydrogen (secondary N) is 1. The minimum absolute atomic E-state index is 0.0104. The topological polar surface area (TPSA) is 120 Å². The van der Waals surface area contributed by atoms with E-state index in [0.717, 1.165) is 43.7 Å². The Morgan fingerprint density at radius 1 is 1.18 bits per heavy atom. The van der Waals surface area contributed by atoms with Crippen LogP contribution >= 0.6 is 0 Å². The molecule has 2 aliphatic rings. The van der Waals surface area contributed by atoms with E-state index in [1.54, 1.807) is 0 Å². The number of hydrogen-bond acceptors (Lipinski definition) is 8. The number of hydrogen-bond donors (Lipinski definition) is 2. The highest BCUT2D eigenvalue weighted by molar-refractivity contribution is 5.76. The lowest BCUT2D eigenvalue weighted by Gasteiger charge is -2.17.